The molecule has 0 radical (unpaired) electrons. The lowest BCUT2D eigenvalue weighted by molar-refractivity contribution is 0.684. The van der Waals surface area contributed by atoms with Crippen LogP contribution in [0.3, 0.4) is 0 Å². The summed E-state index contributed by atoms with van der Waals surface area (Å²) in [6.07, 6.45) is 4.85. The van der Waals surface area contributed by atoms with Crippen molar-refractivity contribution in [3.05, 3.63) is 30.1 Å². The van der Waals surface area contributed by atoms with E-state index in [1.165, 1.54) is 0 Å². The molecular formula is C10H17N3. The Morgan fingerprint density at radius 3 is 3.00 bits per heavy atom. The van der Waals surface area contributed by atoms with Crippen LogP contribution in [0, 0.1) is 0 Å². The van der Waals surface area contributed by atoms with Crippen LogP contribution in [0.25, 0.3) is 0 Å². The topological polar surface area (TPSA) is 43.8 Å². The van der Waals surface area contributed by atoms with E-state index in [2.05, 4.69) is 18.6 Å². The van der Waals surface area contributed by atoms with E-state index in [1.54, 1.807) is 0 Å². The molecule has 3 nitrogen and oxygen atoms in total. The lowest BCUT2D eigenvalue weighted by atomic mass is 10.0. The van der Waals surface area contributed by atoms with Gasteiger partial charge in [-0.25, -0.2) is 0 Å². The lowest BCUT2D eigenvalue weighted by Gasteiger charge is -2.06. The maximum atomic E-state index is 5.62. The summed E-state index contributed by atoms with van der Waals surface area (Å²) in [5, 5.41) is 4.39. The van der Waals surface area contributed by atoms with Crippen LogP contribution < -0.4 is 5.73 Å². The molecule has 0 aliphatic carbocycles. The van der Waals surface area contributed by atoms with Crippen molar-refractivity contribution in [1.82, 2.24) is 9.78 Å². The molecule has 0 aliphatic rings. The highest BCUT2D eigenvalue weighted by molar-refractivity contribution is 5.20. The third-order valence-electron chi connectivity index (χ3n) is 2.14. The molecule has 0 amide bonds. The van der Waals surface area contributed by atoms with E-state index in [-0.39, 0.29) is 0 Å². The number of allylic oxidation sites excluding steroid dienone is 1. The second kappa shape index (κ2) is 4.23. The largest absolute Gasteiger partial charge is 0.326 e. The summed E-state index contributed by atoms with van der Waals surface area (Å²) in [5.41, 5.74) is 7.86. The zero-order chi connectivity index (χ0) is 9.84. The van der Waals surface area contributed by atoms with Crippen molar-refractivity contribution in [2.45, 2.75) is 25.8 Å². The molecule has 13 heavy (non-hydrogen) atoms. The van der Waals surface area contributed by atoms with Crippen LogP contribution in [-0.2, 0) is 13.6 Å². The van der Waals surface area contributed by atoms with Crippen LogP contribution in [0.15, 0.2) is 18.9 Å². The van der Waals surface area contributed by atoms with Gasteiger partial charge in [0, 0.05) is 31.3 Å². The standard InChI is InChI=1S/C10H17N3/c1-4-5-8(2)10-9(6-11)7-13(3)12-10/h4,7-8H,1,5-6,11H2,2-3H3. The molecule has 1 unspecified atom stereocenters. The van der Waals surface area contributed by atoms with Crippen molar-refractivity contribution in [2.75, 3.05) is 0 Å². The summed E-state index contributed by atoms with van der Waals surface area (Å²) in [7, 11) is 1.92. The third kappa shape index (κ3) is 2.18. The first kappa shape index (κ1) is 9.99. The Morgan fingerprint density at radius 2 is 2.46 bits per heavy atom. The summed E-state index contributed by atoms with van der Waals surface area (Å²) in [4.78, 5) is 0. The van der Waals surface area contributed by atoms with Gasteiger partial charge in [0.2, 0.25) is 0 Å². The van der Waals surface area contributed by atoms with Crippen LogP contribution >= 0.6 is 0 Å². The first-order valence-corrected chi connectivity index (χ1v) is 4.52. The third-order valence-corrected chi connectivity index (χ3v) is 2.14. The number of nitrogens with two attached hydrogens (primary N) is 1. The Bertz CT molecular complexity index is 288. The molecular weight excluding hydrogens is 162 g/mol. The van der Waals surface area contributed by atoms with Gasteiger partial charge in [-0.1, -0.05) is 13.0 Å². The molecule has 0 spiro atoms. The van der Waals surface area contributed by atoms with Gasteiger partial charge in [0.15, 0.2) is 0 Å². The van der Waals surface area contributed by atoms with Crippen molar-refractivity contribution < 1.29 is 0 Å². The monoisotopic (exact) mass is 179 g/mol. The van der Waals surface area contributed by atoms with Crippen molar-refractivity contribution in [1.29, 1.82) is 0 Å². The minimum absolute atomic E-state index is 0.414. The number of hydrogen-bond acceptors (Lipinski definition) is 2. The van der Waals surface area contributed by atoms with Gasteiger partial charge in [-0.3, -0.25) is 4.68 Å². The van der Waals surface area contributed by atoms with Crippen molar-refractivity contribution in [3.8, 4) is 0 Å². The highest BCUT2D eigenvalue weighted by Crippen LogP contribution is 2.20. The first-order valence-electron chi connectivity index (χ1n) is 4.52. The highest BCUT2D eigenvalue weighted by Gasteiger charge is 2.12. The molecule has 1 rings (SSSR count). The summed E-state index contributed by atoms with van der Waals surface area (Å²) in [6, 6.07) is 0. The minimum atomic E-state index is 0.414. The van der Waals surface area contributed by atoms with Crippen molar-refractivity contribution in [3.63, 3.8) is 0 Å². The van der Waals surface area contributed by atoms with Crippen LogP contribution in [0.5, 0.6) is 0 Å². The van der Waals surface area contributed by atoms with Crippen molar-refractivity contribution >= 4 is 0 Å². The van der Waals surface area contributed by atoms with E-state index in [4.69, 9.17) is 5.73 Å². The maximum absolute atomic E-state index is 5.62. The molecule has 0 saturated carbocycles. The lowest BCUT2D eigenvalue weighted by Crippen LogP contribution is -2.02. The molecule has 0 fully saturated rings. The number of nitrogens with zero attached hydrogens (tertiary/aromatic N) is 2. The minimum Gasteiger partial charge on any atom is -0.326 e. The fourth-order valence-corrected chi connectivity index (χ4v) is 1.49. The molecule has 1 atom stereocenters. The molecule has 3 heteroatoms. The van der Waals surface area contributed by atoms with Gasteiger partial charge in [-0.05, 0) is 6.42 Å². The van der Waals surface area contributed by atoms with Gasteiger partial charge in [0.05, 0.1) is 5.69 Å². The molecule has 2 N–H and O–H groups in total. The summed E-state index contributed by atoms with van der Waals surface area (Å²) in [6.45, 7) is 6.42. The van der Waals surface area contributed by atoms with E-state index in [1.807, 2.05) is 24.0 Å². The molecule has 1 aromatic heterocycles. The number of aryl methyl sites for hydroxylation is 1. The Balaban J connectivity index is 2.90. The average molecular weight is 179 g/mol. The van der Waals surface area contributed by atoms with Gasteiger partial charge in [0.25, 0.3) is 0 Å². The quantitative estimate of drug-likeness (QED) is 0.713. The average Bonchev–Trinajstić information content (AvgIpc) is 2.47. The van der Waals surface area contributed by atoms with Crippen LogP contribution in [-0.4, -0.2) is 9.78 Å². The second-order valence-corrected chi connectivity index (χ2v) is 3.34. The molecule has 1 aromatic rings. The normalized spacial score (nSPS) is 12.8. The highest BCUT2D eigenvalue weighted by atomic mass is 15.3. The van der Waals surface area contributed by atoms with E-state index >= 15 is 0 Å². The predicted molar refractivity (Wildman–Crippen MR) is 54.3 cm³/mol. The first-order chi connectivity index (χ1) is 6.19. The van der Waals surface area contributed by atoms with Gasteiger partial charge >= 0.3 is 0 Å². The van der Waals surface area contributed by atoms with E-state index in [9.17, 15) is 0 Å². The summed E-state index contributed by atoms with van der Waals surface area (Å²) >= 11 is 0. The zero-order valence-electron chi connectivity index (χ0n) is 8.33. The molecule has 0 bridgehead atoms. The Hall–Kier alpha value is -1.09. The SMILES string of the molecule is C=CCC(C)c1nn(C)cc1CN. The zero-order valence-corrected chi connectivity index (χ0v) is 8.33. The molecule has 0 aliphatic heterocycles. The maximum Gasteiger partial charge on any atom is 0.0700 e. The van der Waals surface area contributed by atoms with Gasteiger partial charge in [0.1, 0.15) is 0 Å². The fourth-order valence-electron chi connectivity index (χ4n) is 1.49. The molecule has 72 valence electrons. The van der Waals surface area contributed by atoms with Crippen LogP contribution in [0.2, 0.25) is 0 Å². The van der Waals surface area contributed by atoms with Crippen LogP contribution in [0.1, 0.15) is 30.5 Å². The van der Waals surface area contributed by atoms with Crippen molar-refractivity contribution in [2.24, 2.45) is 12.8 Å². The molecule has 0 aromatic carbocycles. The Morgan fingerprint density at radius 1 is 1.77 bits per heavy atom. The second-order valence-electron chi connectivity index (χ2n) is 3.34. The smallest absolute Gasteiger partial charge is 0.0700 e. The number of hydrogen-bond donors (Lipinski definition) is 1. The molecule has 1 heterocycles. The molecule has 0 saturated heterocycles. The van der Waals surface area contributed by atoms with E-state index in [0.29, 0.717) is 12.5 Å². The Kier molecular flexibility index (Phi) is 3.25. The van der Waals surface area contributed by atoms with E-state index < -0.39 is 0 Å². The van der Waals surface area contributed by atoms with E-state index in [0.717, 1.165) is 17.7 Å². The van der Waals surface area contributed by atoms with Gasteiger partial charge < -0.3 is 5.73 Å². The summed E-state index contributed by atoms with van der Waals surface area (Å²) < 4.78 is 1.82. The Labute approximate surface area is 79.2 Å². The number of aromatic nitrogens is 2. The van der Waals surface area contributed by atoms with Gasteiger partial charge in [-0.15, -0.1) is 6.58 Å². The van der Waals surface area contributed by atoms with Gasteiger partial charge in [-0.2, -0.15) is 5.10 Å². The summed E-state index contributed by atoms with van der Waals surface area (Å²) in [5.74, 6) is 0.414. The fraction of sp³-hybridized carbons (Fsp3) is 0.500. The predicted octanol–water partition coefficient (Wildman–Crippen LogP) is 1.56. The number of rotatable bonds is 4. The van der Waals surface area contributed by atoms with Crippen LogP contribution in [0.4, 0.5) is 0 Å².